The number of rotatable bonds is 6. The van der Waals surface area contributed by atoms with Crippen LogP contribution in [0.15, 0.2) is 24.3 Å². The van der Waals surface area contributed by atoms with Gasteiger partial charge in [0, 0.05) is 12.8 Å². The molecule has 5 heteroatoms. The van der Waals surface area contributed by atoms with Gasteiger partial charge in [-0.05, 0) is 88.8 Å². The van der Waals surface area contributed by atoms with Crippen LogP contribution >= 0.6 is 32.4 Å². The second-order valence-electron chi connectivity index (χ2n) is 12.3. The summed E-state index contributed by atoms with van der Waals surface area (Å²) < 4.78 is 0. The van der Waals surface area contributed by atoms with Crippen molar-refractivity contribution in [3.05, 3.63) is 29.8 Å². The Bertz CT molecular complexity index is 790. The van der Waals surface area contributed by atoms with Crippen LogP contribution in [0.1, 0.15) is 84.6 Å². The Morgan fingerprint density at radius 2 is 1.45 bits per heavy atom. The predicted octanol–water partition coefficient (Wildman–Crippen LogP) is 8.05. The van der Waals surface area contributed by atoms with Gasteiger partial charge in [-0.3, -0.25) is 4.79 Å². The monoisotopic (exact) mass is 492 g/mol. The summed E-state index contributed by atoms with van der Waals surface area (Å²) in [6, 6.07) is 9.40. The van der Waals surface area contributed by atoms with E-state index in [0.717, 1.165) is 60.6 Å². The molecule has 1 aromatic carbocycles. The summed E-state index contributed by atoms with van der Waals surface area (Å²) >= 11 is 0. The first-order valence-corrected chi connectivity index (χ1v) is 18.7. The quantitative estimate of drug-likeness (QED) is 0.367. The molecule has 0 aromatic heterocycles. The van der Waals surface area contributed by atoms with Crippen LogP contribution < -0.4 is 5.30 Å². The normalized spacial score (nSPS) is 37.3. The van der Waals surface area contributed by atoms with Crippen molar-refractivity contribution in [3.63, 3.8) is 0 Å². The fraction of sp³-hybridized carbons (Fsp3) is 0.731. The Morgan fingerprint density at radius 1 is 0.903 bits per heavy atom. The van der Waals surface area contributed by atoms with E-state index in [0.29, 0.717) is 5.78 Å². The third-order valence-corrected chi connectivity index (χ3v) is 21.9. The van der Waals surface area contributed by atoms with Crippen molar-refractivity contribution < 1.29 is 4.79 Å². The number of ketones is 1. The smallest absolute Gasteiger partial charge is 0.134 e. The van der Waals surface area contributed by atoms with Crippen molar-refractivity contribution in [2.24, 2.45) is 17.8 Å². The molecule has 4 bridgehead atoms. The maximum Gasteiger partial charge on any atom is 0.134 e. The maximum atomic E-state index is 12.3. The molecular formula is C26H40OP4. The molecule has 170 valence electrons. The first kappa shape index (κ1) is 23.4. The van der Waals surface area contributed by atoms with Gasteiger partial charge in [0.15, 0.2) is 0 Å². The highest BCUT2D eigenvalue weighted by Gasteiger charge is 2.50. The lowest BCUT2D eigenvalue weighted by Gasteiger charge is -2.57. The summed E-state index contributed by atoms with van der Waals surface area (Å²) in [5.41, 5.74) is 1.63. The van der Waals surface area contributed by atoms with Crippen LogP contribution in [0.25, 0.3) is 0 Å². The van der Waals surface area contributed by atoms with Gasteiger partial charge in [0.05, 0.1) is 0 Å². The van der Waals surface area contributed by atoms with Gasteiger partial charge in [-0.2, -0.15) is 0 Å². The van der Waals surface area contributed by atoms with E-state index in [4.69, 9.17) is 0 Å². The average Bonchev–Trinajstić information content (AvgIpc) is 2.64. The first-order valence-electron chi connectivity index (χ1n) is 12.3. The number of hydrogen-bond acceptors (Lipinski definition) is 1. The molecule has 31 heavy (non-hydrogen) atoms. The molecule has 5 aliphatic rings. The Hall–Kier alpha value is 0.610. The van der Waals surface area contributed by atoms with Gasteiger partial charge in [0.2, 0.25) is 0 Å². The van der Waals surface area contributed by atoms with Crippen LogP contribution in [-0.2, 0) is 11.0 Å². The standard InChI is InChI=1S/C26H40OP4/c1-24(2)15-22(27)16-25(3,4)31(24)28-17-21-7-5-6-8-23(21)29-30-26-12-18-9-19(13-26)11-20(10-18)14-26/h5-8,18-20,28-30H,9-17H2,1-4H3. The lowest BCUT2D eigenvalue weighted by atomic mass is 9.56. The van der Waals surface area contributed by atoms with E-state index >= 15 is 0 Å². The number of carbonyl (C=O) groups is 1. The molecule has 1 heterocycles. The molecule has 1 aromatic rings. The highest BCUT2D eigenvalue weighted by molar-refractivity contribution is 8.22. The van der Waals surface area contributed by atoms with E-state index in [1.54, 1.807) is 49.4 Å². The van der Waals surface area contributed by atoms with E-state index in [-0.39, 0.29) is 17.9 Å². The molecule has 4 saturated carbocycles. The largest absolute Gasteiger partial charge is 0.300 e. The van der Waals surface area contributed by atoms with E-state index in [1.807, 2.05) is 0 Å². The van der Waals surface area contributed by atoms with Gasteiger partial charge >= 0.3 is 0 Å². The molecule has 1 nitrogen and oxygen atoms in total. The van der Waals surface area contributed by atoms with Gasteiger partial charge in [0.25, 0.3) is 0 Å². The zero-order valence-corrected chi connectivity index (χ0v) is 23.7. The molecule has 5 fully saturated rings. The summed E-state index contributed by atoms with van der Waals surface area (Å²) in [6.07, 6.45) is 12.2. The van der Waals surface area contributed by atoms with Crippen molar-refractivity contribution in [3.8, 4) is 0 Å². The molecule has 4 aliphatic carbocycles. The third kappa shape index (κ3) is 4.89. The molecule has 1 aliphatic heterocycles. The second-order valence-corrected chi connectivity index (χ2v) is 21.9. The lowest BCUT2D eigenvalue weighted by molar-refractivity contribution is -0.120. The van der Waals surface area contributed by atoms with Crippen LogP contribution in [-0.4, -0.2) is 21.3 Å². The van der Waals surface area contributed by atoms with Crippen molar-refractivity contribution >= 4 is 43.5 Å². The second kappa shape index (κ2) is 8.68. The summed E-state index contributed by atoms with van der Waals surface area (Å²) in [6.45, 7) is 9.47. The number of carbonyl (C=O) groups excluding carboxylic acids is 1. The number of benzene rings is 1. The van der Waals surface area contributed by atoms with Crippen LogP contribution in [0.2, 0.25) is 0 Å². The maximum absolute atomic E-state index is 12.3. The first-order chi connectivity index (χ1) is 14.6. The Morgan fingerprint density at radius 3 is 2.03 bits per heavy atom. The van der Waals surface area contributed by atoms with Crippen molar-refractivity contribution in [2.45, 2.75) is 101 Å². The highest BCUT2D eigenvalue weighted by atomic mass is 32.1. The zero-order valence-electron chi connectivity index (χ0n) is 19.8. The van der Waals surface area contributed by atoms with E-state index in [9.17, 15) is 4.79 Å². The van der Waals surface area contributed by atoms with Gasteiger partial charge in [0.1, 0.15) is 5.78 Å². The van der Waals surface area contributed by atoms with Crippen LogP contribution in [0.3, 0.4) is 0 Å². The molecular weight excluding hydrogens is 452 g/mol. The summed E-state index contributed by atoms with van der Waals surface area (Å²) in [5.74, 6) is 3.70. The Labute approximate surface area is 196 Å². The topological polar surface area (TPSA) is 17.1 Å². The SMILES string of the molecule is CC1(C)CC(=O)CC(C)(C)P1PCc1ccccc1PPC12CC3CC(CC(C3)C1)C2. The van der Waals surface area contributed by atoms with E-state index in [2.05, 4.69) is 52.0 Å². The van der Waals surface area contributed by atoms with Crippen LogP contribution in [0.4, 0.5) is 0 Å². The molecule has 6 rings (SSSR count). The van der Waals surface area contributed by atoms with Crippen LogP contribution in [0.5, 0.6) is 0 Å². The summed E-state index contributed by atoms with van der Waals surface area (Å²) in [7, 11) is 3.01. The summed E-state index contributed by atoms with van der Waals surface area (Å²) in [4.78, 5) is 12.3. The van der Waals surface area contributed by atoms with Crippen LogP contribution in [0, 0.1) is 17.8 Å². The minimum absolute atomic E-state index is 0.140. The molecule has 0 spiro atoms. The number of hydrogen-bond donors (Lipinski definition) is 0. The minimum atomic E-state index is -0.140. The van der Waals surface area contributed by atoms with Gasteiger partial charge < -0.3 is 0 Å². The van der Waals surface area contributed by atoms with Gasteiger partial charge in [-0.1, -0.05) is 84.4 Å². The average molecular weight is 493 g/mol. The van der Waals surface area contributed by atoms with Crippen molar-refractivity contribution in [1.29, 1.82) is 0 Å². The molecule has 0 amide bonds. The molecule has 0 N–H and O–H groups in total. The highest BCUT2D eigenvalue weighted by Crippen LogP contribution is 2.76. The Kier molecular flexibility index (Phi) is 6.54. The third-order valence-electron chi connectivity index (χ3n) is 8.42. The van der Waals surface area contributed by atoms with E-state index < -0.39 is 0 Å². The number of Topliss-reactive ketones (excluding diaryl/α,β-unsaturated/α-hetero) is 1. The predicted molar refractivity (Wildman–Crippen MR) is 145 cm³/mol. The van der Waals surface area contributed by atoms with Crippen molar-refractivity contribution in [2.75, 3.05) is 0 Å². The zero-order chi connectivity index (χ0) is 21.9. The fourth-order valence-corrected chi connectivity index (χ4v) is 20.8. The molecule has 0 radical (unpaired) electrons. The van der Waals surface area contributed by atoms with Gasteiger partial charge in [-0.15, -0.1) is 0 Å². The fourth-order valence-electron chi connectivity index (χ4n) is 7.86. The van der Waals surface area contributed by atoms with Gasteiger partial charge in [-0.25, -0.2) is 0 Å². The van der Waals surface area contributed by atoms with E-state index in [1.165, 1.54) is 6.16 Å². The molecule has 3 unspecified atom stereocenters. The Balaban J connectivity index is 1.26. The summed E-state index contributed by atoms with van der Waals surface area (Å²) in [5, 5.41) is 2.79. The minimum Gasteiger partial charge on any atom is -0.300 e. The molecule has 3 atom stereocenters. The lowest BCUT2D eigenvalue weighted by Crippen LogP contribution is -2.47. The van der Waals surface area contributed by atoms with Crippen molar-refractivity contribution in [1.82, 2.24) is 0 Å². The molecule has 1 saturated heterocycles.